The standard InChI is InChI=1S/C22H32N2O4/c25-22(23-11-14-26-15-12-23)21-5-1-2-10-24(21)16-18-6-8-19(9-7-18)28-17-20-4-3-13-27-20/h6-9,20-21H,1-5,10-17H2/t20-,21-/m0/s1. The van der Waals surface area contributed by atoms with Crippen molar-refractivity contribution >= 4 is 5.91 Å². The monoisotopic (exact) mass is 388 g/mol. The fourth-order valence-corrected chi connectivity index (χ4v) is 4.34. The van der Waals surface area contributed by atoms with Crippen molar-refractivity contribution in [2.45, 2.75) is 50.8 Å². The molecule has 0 spiro atoms. The number of hydrogen-bond donors (Lipinski definition) is 0. The molecule has 3 saturated heterocycles. The number of nitrogens with zero attached hydrogens (tertiary/aromatic N) is 2. The number of amides is 1. The maximum atomic E-state index is 13.0. The Hall–Kier alpha value is -1.63. The number of ether oxygens (including phenoxy) is 3. The minimum atomic E-state index is 0.00212. The number of carbonyl (C=O) groups excluding carboxylic acids is 1. The molecule has 0 N–H and O–H groups in total. The minimum Gasteiger partial charge on any atom is -0.491 e. The van der Waals surface area contributed by atoms with E-state index >= 15 is 0 Å². The summed E-state index contributed by atoms with van der Waals surface area (Å²) in [5, 5.41) is 0. The Bertz CT molecular complexity index is 624. The first-order valence-corrected chi connectivity index (χ1v) is 10.7. The van der Waals surface area contributed by atoms with Crippen molar-refractivity contribution in [3.05, 3.63) is 29.8 Å². The molecular weight excluding hydrogens is 356 g/mol. The van der Waals surface area contributed by atoms with Crippen LogP contribution in [0.2, 0.25) is 0 Å². The molecule has 0 radical (unpaired) electrons. The lowest BCUT2D eigenvalue weighted by atomic mass is 9.99. The highest BCUT2D eigenvalue weighted by Gasteiger charge is 2.32. The van der Waals surface area contributed by atoms with Crippen LogP contribution in [0, 0.1) is 0 Å². The Labute approximate surface area is 167 Å². The average Bonchev–Trinajstić information content (AvgIpc) is 3.27. The van der Waals surface area contributed by atoms with Gasteiger partial charge in [0.05, 0.1) is 25.4 Å². The van der Waals surface area contributed by atoms with Gasteiger partial charge in [0.2, 0.25) is 5.91 Å². The maximum Gasteiger partial charge on any atom is 0.240 e. The van der Waals surface area contributed by atoms with Crippen LogP contribution in [-0.2, 0) is 20.8 Å². The first-order chi connectivity index (χ1) is 13.8. The molecule has 6 heteroatoms. The van der Waals surface area contributed by atoms with Gasteiger partial charge in [-0.05, 0) is 49.9 Å². The van der Waals surface area contributed by atoms with E-state index in [0.717, 1.165) is 70.6 Å². The lowest BCUT2D eigenvalue weighted by molar-refractivity contribution is -0.142. The van der Waals surface area contributed by atoms with Crippen molar-refractivity contribution in [1.29, 1.82) is 0 Å². The number of benzene rings is 1. The van der Waals surface area contributed by atoms with Gasteiger partial charge in [-0.25, -0.2) is 0 Å². The summed E-state index contributed by atoms with van der Waals surface area (Å²) in [5.41, 5.74) is 1.23. The maximum absolute atomic E-state index is 13.0. The molecule has 0 unspecified atom stereocenters. The summed E-state index contributed by atoms with van der Waals surface area (Å²) in [6.07, 6.45) is 5.71. The van der Waals surface area contributed by atoms with Gasteiger partial charge in [-0.15, -0.1) is 0 Å². The van der Waals surface area contributed by atoms with E-state index in [4.69, 9.17) is 14.2 Å². The van der Waals surface area contributed by atoms with E-state index in [1.807, 2.05) is 17.0 Å². The summed E-state index contributed by atoms with van der Waals surface area (Å²) in [5.74, 6) is 1.17. The topological polar surface area (TPSA) is 51.2 Å². The Morgan fingerprint density at radius 3 is 2.57 bits per heavy atom. The van der Waals surface area contributed by atoms with Crippen LogP contribution in [0.1, 0.15) is 37.7 Å². The van der Waals surface area contributed by atoms with Crippen molar-refractivity contribution in [3.8, 4) is 5.75 Å². The molecule has 3 fully saturated rings. The van der Waals surface area contributed by atoms with E-state index in [2.05, 4.69) is 17.0 Å². The first-order valence-electron chi connectivity index (χ1n) is 10.7. The van der Waals surface area contributed by atoms with E-state index in [1.165, 1.54) is 5.56 Å². The Balaban J connectivity index is 1.32. The third-order valence-electron chi connectivity index (χ3n) is 5.99. The largest absolute Gasteiger partial charge is 0.491 e. The predicted octanol–water partition coefficient (Wildman–Crippen LogP) is 2.46. The molecule has 154 valence electrons. The van der Waals surface area contributed by atoms with E-state index in [-0.39, 0.29) is 18.1 Å². The van der Waals surface area contributed by atoms with Crippen LogP contribution in [0.3, 0.4) is 0 Å². The second-order valence-corrected chi connectivity index (χ2v) is 8.01. The van der Waals surface area contributed by atoms with E-state index < -0.39 is 0 Å². The Kier molecular flexibility index (Phi) is 6.83. The van der Waals surface area contributed by atoms with Crippen LogP contribution >= 0.6 is 0 Å². The van der Waals surface area contributed by atoms with Crippen molar-refractivity contribution in [2.24, 2.45) is 0 Å². The molecule has 0 aliphatic carbocycles. The average molecular weight is 389 g/mol. The van der Waals surface area contributed by atoms with Gasteiger partial charge in [-0.2, -0.15) is 0 Å². The van der Waals surface area contributed by atoms with Gasteiger partial charge in [0.15, 0.2) is 0 Å². The molecular formula is C22H32N2O4. The Morgan fingerprint density at radius 1 is 1.00 bits per heavy atom. The molecule has 3 aliphatic heterocycles. The van der Waals surface area contributed by atoms with Crippen LogP contribution in [-0.4, -0.2) is 73.9 Å². The summed E-state index contributed by atoms with van der Waals surface area (Å²) in [4.78, 5) is 17.3. The lowest BCUT2D eigenvalue weighted by Crippen LogP contribution is -2.53. The second-order valence-electron chi connectivity index (χ2n) is 8.01. The third kappa shape index (κ3) is 5.04. The third-order valence-corrected chi connectivity index (χ3v) is 5.99. The zero-order chi connectivity index (χ0) is 19.2. The molecule has 0 bridgehead atoms. The fourth-order valence-electron chi connectivity index (χ4n) is 4.34. The molecule has 0 saturated carbocycles. The molecule has 3 aliphatic rings. The highest BCUT2D eigenvalue weighted by molar-refractivity contribution is 5.82. The SMILES string of the molecule is O=C([C@@H]1CCCCN1Cc1ccc(OC[C@@H]2CCCO2)cc1)N1CCOCC1. The lowest BCUT2D eigenvalue weighted by Gasteiger charge is -2.38. The van der Waals surface area contributed by atoms with Crippen molar-refractivity contribution in [2.75, 3.05) is 46.1 Å². The molecule has 1 aromatic rings. The quantitative estimate of drug-likeness (QED) is 0.749. The van der Waals surface area contributed by atoms with Crippen LogP contribution in [0.25, 0.3) is 0 Å². The van der Waals surface area contributed by atoms with Crippen molar-refractivity contribution < 1.29 is 19.0 Å². The predicted molar refractivity (Wildman–Crippen MR) is 106 cm³/mol. The molecule has 3 heterocycles. The normalized spacial score (nSPS) is 26.4. The molecule has 4 rings (SSSR count). The molecule has 28 heavy (non-hydrogen) atoms. The summed E-state index contributed by atoms with van der Waals surface area (Å²) in [7, 11) is 0. The van der Waals surface area contributed by atoms with Crippen LogP contribution in [0.4, 0.5) is 0 Å². The molecule has 0 aromatic heterocycles. The first kappa shape index (κ1) is 19.7. The number of carbonyl (C=O) groups is 1. The zero-order valence-corrected chi connectivity index (χ0v) is 16.7. The zero-order valence-electron chi connectivity index (χ0n) is 16.7. The van der Waals surface area contributed by atoms with E-state index in [0.29, 0.717) is 19.8 Å². The Morgan fingerprint density at radius 2 is 1.82 bits per heavy atom. The molecule has 6 nitrogen and oxygen atoms in total. The molecule has 1 amide bonds. The number of piperidine rings is 1. The van der Waals surface area contributed by atoms with Gasteiger partial charge >= 0.3 is 0 Å². The van der Waals surface area contributed by atoms with Gasteiger partial charge in [-0.1, -0.05) is 18.6 Å². The smallest absolute Gasteiger partial charge is 0.240 e. The van der Waals surface area contributed by atoms with Gasteiger partial charge in [0.1, 0.15) is 12.4 Å². The highest BCUT2D eigenvalue weighted by Crippen LogP contribution is 2.23. The van der Waals surface area contributed by atoms with Crippen molar-refractivity contribution in [3.63, 3.8) is 0 Å². The van der Waals surface area contributed by atoms with Crippen LogP contribution in [0.15, 0.2) is 24.3 Å². The van der Waals surface area contributed by atoms with Crippen molar-refractivity contribution in [1.82, 2.24) is 9.80 Å². The summed E-state index contributed by atoms with van der Waals surface area (Å²) < 4.78 is 16.9. The summed E-state index contributed by atoms with van der Waals surface area (Å²) in [6, 6.07) is 8.31. The number of hydrogen-bond acceptors (Lipinski definition) is 5. The number of morpholine rings is 1. The van der Waals surface area contributed by atoms with E-state index in [9.17, 15) is 4.79 Å². The van der Waals surface area contributed by atoms with E-state index in [1.54, 1.807) is 0 Å². The van der Waals surface area contributed by atoms with Crippen LogP contribution in [0.5, 0.6) is 5.75 Å². The van der Waals surface area contributed by atoms with Gasteiger partial charge in [0.25, 0.3) is 0 Å². The molecule has 1 aromatic carbocycles. The highest BCUT2D eigenvalue weighted by atomic mass is 16.5. The number of likely N-dealkylation sites (tertiary alicyclic amines) is 1. The summed E-state index contributed by atoms with van der Waals surface area (Å²) >= 11 is 0. The van der Waals surface area contributed by atoms with Gasteiger partial charge in [0, 0.05) is 26.2 Å². The van der Waals surface area contributed by atoms with Gasteiger partial charge in [-0.3, -0.25) is 9.69 Å². The summed E-state index contributed by atoms with van der Waals surface area (Å²) in [6.45, 7) is 6.04. The minimum absolute atomic E-state index is 0.00212. The second kappa shape index (κ2) is 9.72. The van der Waals surface area contributed by atoms with Crippen LogP contribution < -0.4 is 4.74 Å². The fraction of sp³-hybridized carbons (Fsp3) is 0.682. The van der Waals surface area contributed by atoms with Gasteiger partial charge < -0.3 is 19.1 Å². The molecule has 2 atom stereocenters. The number of rotatable bonds is 6.